The minimum absolute atomic E-state index is 0.0501. The highest BCUT2D eigenvalue weighted by atomic mass is 79.9. The van der Waals surface area contributed by atoms with Crippen LogP contribution in [-0.2, 0) is 22.3 Å². The zero-order chi connectivity index (χ0) is 19.9. The van der Waals surface area contributed by atoms with Crippen molar-refractivity contribution in [1.82, 2.24) is 4.72 Å². The molecule has 27 heavy (non-hydrogen) atoms. The van der Waals surface area contributed by atoms with Gasteiger partial charge >= 0.3 is 0 Å². The predicted octanol–water partition coefficient (Wildman–Crippen LogP) is 4.81. The van der Waals surface area contributed by atoms with Crippen molar-refractivity contribution < 1.29 is 9.00 Å². The Labute approximate surface area is 173 Å². The first-order valence-corrected chi connectivity index (χ1v) is 11.0. The average Bonchev–Trinajstić information content (AvgIpc) is 2.63. The number of carbonyl (C=O) groups excluding carboxylic acids is 1. The van der Waals surface area contributed by atoms with Crippen molar-refractivity contribution in [2.24, 2.45) is 0 Å². The smallest absolute Gasteiger partial charge is 0.227 e. The lowest BCUT2D eigenvalue weighted by molar-refractivity contribution is -0.118. The van der Waals surface area contributed by atoms with Gasteiger partial charge in [0.1, 0.15) is 0 Å². The average molecular weight is 451 g/mol. The molecule has 0 aliphatic rings. The molecule has 0 heterocycles. The van der Waals surface area contributed by atoms with E-state index in [-0.39, 0.29) is 10.7 Å². The normalized spacial score (nSPS) is 12.6. The van der Waals surface area contributed by atoms with E-state index in [0.717, 1.165) is 15.7 Å². The van der Waals surface area contributed by atoms with Gasteiger partial charge in [-0.2, -0.15) is 0 Å². The van der Waals surface area contributed by atoms with Gasteiger partial charge in [0.05, 0.1) is 28.0 Å². The van der Waals surface area contributed by atoms with Crippen molar-refractivity contribution in [3.8, 4) is 0 Å². The molecule has 2 aromatic rings. The van der Waals surface area contributed by atoms with E-state index >= 15 is 0 Å². The summed E-state index contributed by atoms with van der Waals surface area (Å²) >= 11 is 3.55. The first kappa shape index (κ1) is 21.8. The van der Waals surface area contributed by atoms with E-state index in [9.17, 15) is 9.00 Å². The van der Waals surface area contributed by atoms with Crippen molar-refractivity contribution in [2.75, 3.05) is 11.4 Å². The van der Waals surface area contributed by atoms with Crippen LogP contribution in [0.2, 0.25) is 0 Å². The summed E-state index contributed by atoms with van der Waals surface area (Å²) in [6.07, 6.45) is 1.03. The summed E-state index contributed by atoms with van der Waals surface area (Å²) in [5, 5.41) is 0. The van der Waals surface area contributed by atoms with Crippen LogP contribution in [0.5, 0.6) is 0 Å². The lowest BCUT2D eigenvalue weighted by Crippen LogP contribution is -2.35. The van der Waals surface area contributed by atoms with Gasteiger partial charge in [0.25, 0.3) is 0 Å². The maximum atomic E-state index is 12.9. The zero-order valence-electron chi connectivity index (χ0n) is 16.1. The molecular weight excluding hydrogens is 424 g/mol. The molecule has 0 saturated heterocycles. The van der Waals surface area contributed by atoms with E-state index in [1.165, 1.54) is 0 Å². The second-order valence-electron chi connectivity index (χ2n) is 7.30. The Balaban J connectivity index is 2.04. The molecule has 6 heteroatoms. The van der Waals surface area contributed by atoms with Crippen LogP contribution >= 0.6 is 15.9 Å². The summed E-state index contributed by atoms with van der Waals surface area (Å²) in [6.45, 7) is 6.84. The summed E-state index contributed by atoms with van der Waals surface area (Å²) in [6, 6.07) is 17.7. The number of amides is 1. The largest absolute Gasteiger partial charge is 0.307 e. The molecule has 0 fully saturated rings. The van der Waals surface area contributed by atoms with Crippen molar-refractivity contribution in [1.29, 1.82) is 0 Å². The van der Waals surface area contributed by atoms with Crippen LogP contribution in [-0.4, -0.2) is 21.4 Å². The van der Waals surface area contributed by atoms with Gasteiger partial charge in [0, 0.05) is 17.4 Å². The Morgan fingerprint density at radius 2 is 1.70 bits per heavy atom. The first-order chi connectivity index (χ1) is 12.8. The van der Waals surface area contributed by atoms with Crippen LogP contribution in [0.1, 0.15) is 39.2 Å². The number of hydrogen-bond acceptors (Lipinski definition) is 2. The van der Waals surface area contributed by atoms with Crippen LogP contribution < -0.4 is 9.62 Å². The molecule has 0 spiro atoms. The van der Waals surface area contributed by atoms with Gasteiger partial charge in [-0.25, -0.2) is 8.93 Å². The Morgan fingerprint density at radius 1 is 1.07 bits per heavy atom. The number of rotatable bonds is 8. The Hall–Kier alpha value is -1.50. The third-order valence-electron chi connectivity index (χ3n) is 3.98. The van der Waals surface area contributed by atoms with Gasteiger partial charge in [0.15, 0.2) is 0 Å². The number of nitrogens with zero attached hydrogens (tertiary/aromatic N) is 1. The van der Waals surface area contributed by atoms with E-state index in [1.54, 1.807) is 4.90 Å². The molecule has 1 N–H and O–H groups in total. The van der Waals surface area contributed by atoms with Crippen LogP contribution in [0.3, 0.4) is 0 Å². The van der Waals surface area contributed by atoms with Gasteiger partial charge in [-0.3, -0.25) is 4.79 Å². The number of nitrogens with one attached hydrogen (secondary N) is 1. The van der Waals surface area contributed by atoms with Gasteiger partial charge in [-0.05, 0) is 60.8 Å². The maximum Gasteiger partial charge on any atom is 0.227 e. The highest BCUT2D eigenvalue weighted by molar-refractivity contribution is 9.10. The molecular formula is C21H27BrN2O2S. The summed E-state index contributed by atoms with van der Waals surface area (Å²) in [7, 11) is -1.12. The van der Waals surface area contributed by atoms with Crippen molar-refractivity contribution >= 4 is 38.5 Å². The highest BCUT2D eigenvalue weighted by Crippen LogP contribution is 2.28. The van der Waals surface area contributed by atoms with Gasteiger partial charge in [-0.15, -0.1) is 0 Å². The van der Waals surface area contributed by atoms with Crippen LogP contribution in [0.4, 0.5) is 5.69 Å². The van der Waals surface area contributed by atoms with E-state index in [2.05, 4.69) is 20.7 Å². The van der Waals surface area contributed by atoms with Crippen LogP contribution in [0, 0.1) is 0 Å². The third kappa shape index (κ3) is 6.87. The summed E-state index contributed by atoms with van der Waals surface area (Å²) in [5.74, 6) is 0.0501. The lowest BCUT2D eigenvalue weighted by atomic mass is 10.1. The summed E-state index contributed by atoms with van der Waals surface area (Å²) < 4.78 is 15.6. The number of hydrogen-bond donors (Lipinski definition) is 1. The number of para-hydroxylation sites is 1. The fraction of sp³-hybridized carbons (Fsp3) is 0.381. The molecule has 1 amide bonds. The summed E-state index contributed by atoms with van der Waals surface area (Å²) in [5.41, 5.74) is 1.94. The number of benzene rings is 2. The van der Waals surface area contributed by atoms with Crippen molar-refractivity contribution in [3.63, 3.8) is 0 Å². The van der Waals surface area contributed by atoms with Gasteiger partial charge in [0.2, 0.25) is 5.91 Å². The minimum atomic E-state index is -1.12. The molecule has 0 aliphatic heterocycles. The molecule has 1 atom stereocenters. The van der Waals surface area contributed by atoms with Crippen LogP contribution in [0.15, 0.2) is 59.1 Å². The maximum absolute atomic E-state index is 12.9. The Morgan fingerprint density at radius 3 is 2.33 bits per heavy atom. The minimum Gasteiger partial charge on any atom is -0.307 e. The Kier molecular flexibility index (Phi) is 8.20. The first-order valence-electron chi connectivity index (χ1n) is 9.03. The lowest BCUT2D eigenvalue weighted by Gasteiger charge is -2.24. The van der Waals surface area contributed by atoms with Crippen LogP contribution in [0.25, 0.3) is 0 Å². The SMILES string of the molecule is CC(C)(C)[S@](=O)NCCCC(=O)N(Cc1ccccc1)c1ccccc1Br. The Bertz CT molecular complexity index is 775. The number of halogens is 1. The van der Waals surface area contributed by atoms with Gasteiger partial charge < -0.3 is 4.90 Å². The standard InChI is InChI=1S/C21H27BrN2O2S/c1-21(2,3)27(26)23-15-9-14-20(25)24(16-17-10-5-4-6-11-17)19-13-8-7-12-18(19)22/h4-8,10-13,23H,9,14-16H2,1-3H3/t27-/m0/s1. The molecule has 0 saturated carbocycles. The highest BCUT2D eigenvalue weighted by Gasteiger charge is 2.20. The second-order valence-corrected chi connectivity index (χ2v) is 10.2. The van der Waals surface area contributed by atoms with Gasteiger partial charge in [-0.1, -0.05) is 42.5 Å². The fourth-order valence-corrected chi connectivity index (χ4v) is 3.76. The fourth-order valence-electron chi connectivity index (χ4n) is 2.50. The monoisotopic (exact) mass is 450 g/mol. The van der Waals surface area contributed by atoms with E-state index < -0.39 is 11.0 Å². The molecule has 0 radical (unpaired) electrons. The topological polar surface area (TPSA) is 49.4 Å². The summed E-state index contributed by atoms with van der Waals surface area (Å²) in [4.78, 5) is 14.7. The quantitative estimate of drug-likeness (QED) is 0.586. The van der Waals surface area contributed by atoms with E-state index in [0.29, 0.717) is 25.9 Å². The molecule has 146 valence electrons. The van der Waals surface area contributed by atoms with Crippen molar-refractivity contribution in [3.05, 3.63) is 64.6 Å². The predicted molar refractivity (Wildman–Crippen MR) is 117 cm³/mol. The molecule has 4 nitrogen and oxygen atoms in total. The van der Waals surface area contributed by atoms with E-state index in [4.69, 9.17) is 0 Å². The zero-order valence-corrected chi connectivity index (χ0v) is 18.5. The van der Waals surface area contributed by atoms with E-state index in [1.807, 2.05) is 75.4 Å². The third-order valence-corrected chi connectivity index (χ3v) is 6.23. The second kappa shape index (κ2) is 10.2. The number of anilines is 1. The molecule has 0 aliphatic carbocycles. The molecule has 0 unspecified atom stereocenters. The number of carbonyl (C=O) groups is 1. The molecule has 0 bridgehead atoms. The van der Waals surface area contributed by atoms with Crippen molar-refractivity contribution in [2.45, 2.75) is 44.9 Å². The molecule has 2 rings (SSSR count). The molecule has 2 aromatic carbocycles. The molecule has 0 aromatic heterocycles.